The first-order valence-electron chi connectivity index (χ1n) is 4.64. The van der Waals surface area contributed by atoms with E-state index < -0.39 is 10.0 Å². The van der Waals surface area contributed by atoms with Gasteiger partial charge in [0.15, 0.2) is 0 Å². The zero-order valence-electron chi connectivity index (χ0n) is 9.14. The summed E-state index contributed by atoms with van der Waals surface area (Å²) in [6.45, 7) is 1.92. The van der Waals surface area contributed by atoms with Crippen molar-refractivity contribution >= 4 is 16.1 Å². The molecule has 0 N–H and O–H groups in total. The van der Waals surface area contributed by atoms with E-state index in [9.17, 15) is 8.42 Å². The molecule has 1 aromatic carbocycles. The Morgan fingerprint density at radius 1 is 1.13 bits per heavy atom. The number of benzene rings is 1. The van der Waals surface area contributed by atoms with Gasteiger partial charge >= 0.3 is 0 Å². The summed E-state index contributed by atoms with van der Waals surface area (Å²) in [4.78, 5) is 0.320. The molecule has 0 heterocycles. The van der Waals surface area contributed by atoms with E-state index in [1.807, 2.05) is 19.1 Å². The molecular weight excluding hydrogens is 210 g/mol. The van der Waals surface area contributed by atoms with Crippen molar-refractivity contribution in [1.82, 2.24) is 4.31 Å². The van der Waals surface area contributed by atoms with E-state index in [2.05, 4.69) is 0 Å². The fraction of sp³-hybridized carbons (Fsp3) is 0.273. The van der Waals surface area contributed by atoms with Gasteiger partial charge in [0.25, 0.3) is 0 Å². The van der Waals surface area contributed by atoms with Crippen molar-refractivity contribution in [2.24, 2.45) is 0 Å². The molecule has 0 unspecified atom stereocenters. The Morgan fingerprint density at radius 2 is 1.67 bits per heavy atom. The largest absolute Gasteiger partial charge is 0.242 e. The zero-order valence-corrected chi connectivity index (χ0v) is 9.95. The van der Waals surface area contributed by atoms with Crippen LogP contribution in [-0.4, -0.2) is 26.8 Å². The smallest absolute Gasteiger partial charge is 0.207 e. The third kappa shape index (κ3) is 2.67. The lowest BCUT2D eigenvalue weighted by molar-refractivity contribution is 0.521. The van der Waals surface area contributed by atoms with Crippen LogP contribution >= 0.6 is 0 Å². The van der Waals surface area contributed by atoms with Gasteiger partial charge in [0.05, 0.1) is 4.90 Å². The first-order chi connectivity index (χ1) is 6.98. The van der Waals surface area contributed by atoms with Crippen molar-refractivity contribution in [2.45, 2.75) is 11.8 Å². The Labute approximate surface area is 91.1 Å². The molecule has 0 bridgehead atoms. The van der Waals surface area contributed by atoms with Crippen molar-refractivity contribution in [2.75, 3.05) is 14.1 Å². The van der Waals surface area contributed by atoms with Gasteiger partial charge in [-0.25, -0.2) is 12.7 Å². The lowest BCUT2D eigenvalue weighted by Crippen LogP contribution is -2.22. The lowest BCUT2D eigenvalue weighted by atomic mass is 10.2. The van der Waals surface area contributed by atoms with E-state index in [1.165, 1.54) is 18.4 Å². The minimum atomic E-state index is -3.30. The van der Waals surface area contributed by atoms with Gasteiger partial charge in [-0.15, -0.1) is 0 Å². The molecule has 0 amide bonds. The molecule has 0 fully saturated rings. The summed E-state index contributed by atoms with van der Waals surface area (Å²) in [6.07, 6.45) is 3.83. The van der Waals surface area contributed by atoms with E-state index in [0.717, 1.165) is 5.56 Å². The maximum absolute atomic E-state index is 11.7. The molecule has 0 aliphatic heterocycles. The van der Waals surface area contributed by atoms with Crippen molar-refractivity contribution in [3.8, 4) is 0 Å². The second kappa shape index (κ2) is 4.59. The third-order valence-corrected chi connectivity index (χ3v) is 3.85. The SMILES string of the molecule is C/C=C/c1ccc(S(=O)(=O)N(C)C)cc1. The minimum absolute atomic E-state index is 0.320. The molecule has 3 nitrogen and oxygen atoms in total. The zero-order chi connectivity index (χ0) is 11.5. The van der Waals surface area contributed by atoms with E-state index >= 15 is 0 Å². The van der Waals surface area contributed by atoms with Gasteiger partial charge in [0.2, 0.25) is 10.0 Å². The molecule has 82 valence electrons. The second-order valence-corrected chi connectivity index (χ2v) is 5.51. The predicted molar refractivity (Wildman–Crippen MR) is 62.0 cm³/mol. The van der Waals surface area contributed by atoms with Crippen LogP contribution in [0.25, 0.3) is 6.08 Å². The Morgan fingerprint density at radius 3 is 2.07 bits per heavy atom. The number of hydrogen-bond acceptors (Lipinski definition) is 2. The van der Waals surface area contributed by atoms with Gasteiger partial charge in [-0.05, 0) is 24.6 Å². The highest BCUT2D eigenvalue weighted by Gasteiger charge is 2.15. The summed E-state index contributed by atoms with van der Waals surface area (Å²) in [6, 6.07) is 6.81. The quantitative estimate of drug-likeness (QED) is 0.788. The topological polar surface area (TPSA) is 37.4 Å². The third-order valence-electron chi connectivity index (χ3n) is 2.02. The summed E-state index contributed by atoms with van der Waals surface area (Å²) in [7, 11) is -0.253. The van der Waals surface area contributed by atoms with Gasteiger partial charge in [-0.1, -0.05) is 24.3 Å². The Balaban J connectivity index is 3.10. The molecule has 0 saturated carbocycles. The summed E-state index contributed by atoms with van der Waals surface area (Å²) in [5.74, 6) is 0. The summed E-state index contributed by atoms with van der Waals surface area (Å²) in [5, 5.41) is 0. The fourth-order valence-corrected chi connectivity index (χ4v) is 2.06. The van der Waals surface area contributed by atoms with Crippen molar-refractivity contribution in [3.05, 3.63) is 35.9 Å². The van der Waals surface area contributed by atoms with Crippen LogP contribution in [0.2, 0.25) is 0 Å². The van der Waals surface area contributed by atoms with Crippen LogP contribution in [0.1, 0.15) is 12.5 Å². The van der Waals surface area contributed by atoms with Crippen LogP contribution in [0.15, 0.2) is 35.2 Å². The monoisotopic (exact) mass is 225 g/mol. The van der Waals surface area contributed by atoms with Crippen molar-refractivity contribution in [3.63, 3.8) is 0 Å². The molecule has 0 atom stereocenters. The van der Waals surface area contributed by atoms with E-state index in [0.29, 0.717) is 4.90 Å². The van der Waals surface area contributed by atoms with E-state index in [-0.39, 0.29) is 0 Å². The van der Waals surface area contributed by atoms with Gasteiger partial charge in [-0.2, -0.15) is 0 Å². The summed E-state index contributed by atoms with van der Waals surface area (Å²) < 4.78 is 24.6. The normalized spacial score (nSPS) is 12.5. The summed E-state index contributed by atoms with van der Waals surface area (Å²) in [5.41, 5.74) is 0.996. The maximum Gasteiger partial charge on any atom is 0.242 e. The fourth-order valence-electron chi connectivity index (χ4n) is 1.15. The molecule has 1 rings (SSSR count). The van der Waals surface area contributed by atoms with Crippen molar-refractivity contribution in [1.29, 1.82) is 0 Å². The highest BCUT2D eigenvalue weighted by atomic mass is 32.2. The second-order valence-electron chi connectivity index (χ2n) is 3.36. The number of nitrogens with zero attached hydrogens (tertiary/aromatic N) is 1. The molecule has 0 saturated heterocycles. The molecular formula is C11H15NO2S. The lowest BCUT2D eigenvalue weighted by Gasteiger charge is -2.10. The number of allylic oxidation sites excluding steroid dienone is 1. The van der Waals surface area contributed by atoms with Crippen LogP contribution in [0.4, 0.5) is 0 Å². The molecule has 0 spiro atoms. The van der Waals surface area contributed by atoms with E-state index in [4.69, 9.17) is 0 Å². The summed E-state index contributed by atoms with van der Waals surface area (Å²) >= 11 is 0. The molecule has 15 heavy (non-hydrogen) atoms. The standard InChI is InChI=1S/C11H15NO2S/c1-4-5-10-6-8-11(9-7-10)15(13,14)12(2)3/h4-9H,1-3H3/b5-4+. The number of sulfonamides is 1. The average Bonchev–Trinajstić information content (AvgIpc) is 2.19. The highest BCUT2D eigenvalue weighted by Crippen LogP contribution is 2.14. The van der Waals surface area contributed by atoms with Crippen LogP contribution < -0.4 is 0 Å². The molecule has 0 radical (unpaired) electrons. The Kier molecular flexibility index (Phi) is 3.66. The van der Waals surface area contributed by atoms with Gasteiger partial charge in [0.1, 0.15) is 0 Å². The Bertz CT molecular complexity index is 444. The minimum Gasteiger partial charge on any atom is -0.207 e. The molecule has 0 aliphatic carbocycles. The highest BCUT2D eigenvalue weighted by molar-refractivity contribution is 7.89. The van der Waals surface area contributed by atoms with Gasteiger partial charge in [-0.3, -0.25) is 0 Å². The van der Waals surface area contributed by atoms with Crippen molar-refractivity contribution < 1.29 is 8.42 Å². The predicted octanol–water partition coefficient (Wildman–Crippen LogP) is 1.97. The molecule has 0 aliphatic rings. The number of hydrogen-bond donors (Lipinski definition) is 0. The van der Waals surface area contributed by atoms with Gasteiger partial charge < -0.3 is 0 Å². The first kappa shape index (κ1) is 11.9. The molecule has 0 aromatic heterocycles. The number of rotatable bonds is 3. The average molecular weight is 225 g/mol. The van der Waals surface area contributed by atoms with Gasteiger partial charge in [0, 0.05) is 14.1 Å². The first-order valence-corrected chi connectivity index (χ1v) is 6.08. The maximum atomic E-state index is 11.7. The molecule has 1 aromatic rings. The van der Waals surface area contributed by atoms with Crippen LogP contribution in [0.3, 0.4) is 0 Å². The molecule has 4 heteroatoms. The van der Waals surface area contributed by atoms with Crippen LogP contribution in [0, 0.1) is 0 Å². The Hall–Kier alpha value is -1.13. The van der Waals surface area contributed by atoms with E-state index in [1.54, 1.807) is 24.3 Å². The van der Waals surface area contributed by atoms with Crippen LogP contribution in [0.5, 0.6) is 0 Å². The van der Waals surface area contributed by atoms with Crippen LogP contribution in [-0.2, 0) is 10.0 Å².